The van der Waals surface area contributed by atoms with Crippen molar-refractivity contribution in [3.8, 4) is 0 Å². The zero-order valence-electron chi connectivity index (χ0n) is 16.7. The normalized spacial score (nSPS) is 35.4. The third-order valence-electron chi connectivity index (χ3n) is 6.74. The molecule has 6 heteroatoms. The Morgan fingerprint density at radius 1 is 1.07 bits per heavy atom. The van der Waals surface area contributed by atoms with Crippen LogP contribution in [0.4, 0.5) is 0 Å². The minimum atomic E-state index is 0.0759. The molecule has 2 aliphatic heterocycles. The first-order valence-corrected chi connectivity index (χ1v) is 10.1. The zero-order valence-corrected chi connectivity index (χ0v) is 16.7. The van der Waals surface area contributed by atoms with E-state index in [9.17, 15) is 4.79 Å². The average Bonchev–Trinajstić information content (AvgIpc) is 3.13. The maximum absolute atomic E-state index is 13.3. The fourth-order valence-corrected chi connectivity index (χ4v) is 5.23. The number of carbonyl (C=O) groups excluding carboxylic acids is 1. The van der Waals surface area contributed by atoms with Gasteiger partial charge in [-0.3, -0.25) is 4.79 Å². The minimum Gasteiger partial charge on any atom is -0.497 e. The molecule has 27 heavy (non-hydrogen) atoms. The van der Waals surface area contributed by atoms with Crippen molar-refractivity contribution in [3.63, 3.8) is 0 Å². The Kier molecular flexibility index (Phi) is 5.58. The van der Waals surface area contributed by atoms with Gasteiger partial charge in [0.2, 0.25) is 0 Å². The first-order valence-electron chi connectivity index (χ1n) is 10.1. The van der Waals surface area contributed by atoms with Crippen molar-refractivity contribution in [2.24, 2.45) is 11.8 Å². The van der Waals surface area contributed by atoms with Crippen LogP contribution in [-0.2, 0) is 23.7 Å². The first kappa shape index (κ1) is 19.0. The van der Waals surface area contributed by atoms with E-state index in [-0.39, 0.29) is 18.1 Å². The van der Waals surface area contributed by atoms with Gasteiger partial charge in [0.1, 0.15) is 18.3 Å². The molecule has 2 aliphatic carbocycles. The number of hydrogen-bond acceptors (Lipinski definition) is 6. The highest BCUT2D eigenvalue weighted by atomic mass is 16.7. The van der Waals surface area contributed by atoms with Crippen LogP contribution in [0.2, 0.25) is 0 Å². The van der Waals surface area contributed by atoms with Crippen LogP contribution in [0.5, 0.6) is 0 Å². The Morgan fingerprint density at radius 2 is 1.85 bits per heavy atom. The van der Waals surface area contributed by atoms with Crippen LogP contribution in [0.1, 0.15) is 38.5 Å². The van der Waals surface area contributed by atoms with E-state index >= 15 is 0 Å². The molecule has 2 fully saturated rings. The molecule has 4 unspecified atom stereocenters. The second-order valence-electron chi connectivity index (χ2n) is 8.28. The lowest BCUT2D eigenvalue weighted by Crippen LogP contribution is -2.42. The van der Waals surface area contributed by atoms with Gasteiger partial charge in [0, 0.05) is 30.9 Å². The Bertz CT molecular complexity index is 655. The number of nitrogens with zero attached hydrogens (tertiary/aromatic N) is 1. The second-order valence-corrected chi connectivity index (χ2v) is 8.28. The summed E-state index contributed by atoms with van der Waals surface area (Å²) < 4.78 is 22.7. The van der Waals surface area contributed by atoms with Gasteiger partial charge in [0.25, 0.3) is 0 Å². The number of methoxy groups -OCH3 is 2. The first-order chi connectivity index (χ1) is 13.1. The molecule has 2 heterocycles. The molecule has 1 saturated heterocycles. The smallest absolute Gasteiger partial charge is 0.160 e. The van der Waals surface area contributed by atoms with Crippen molar-refractivity contribution in [2.45, 2.75) is 50.7 Å². The quantitative estimate of drug-likeness (QED) is 0.737. The Hall–Kier alpha value is -1.37. The molecule has 0 aromatic heterocycles. The van der Waals surface area contributed by atoms with Gasteiger partial charge in [-0.2, -0.15) is 0 Å². The number of fused-ring (bicyclic) bond motifs is 2. The maximum atomic E-state index is 13.3. The van der Waals surface area contributed by atoms with Gasteiger partial charge >= 0.3 is 0 Å². The molecule has 0 radical (unpaired) electrons. The third kappa shape index (κ3) is 3.67. The van der Waals surface area contributed by atoms with Gasteiger partial charge in [-0.25, -0.2) is 0 Å². The topological polar surface area (TPSA) is 57.2 Å². The molecule has 6 nitrogen and oxygen atoms in total. The molecule has 0 amide bonds. The van der Waals surface area contributed by atoms with Crippen LogP contribution < -0.4 is 0 Å². The number of allylic oxidation sites excluding steroid dienone is 2. The molecule has 150 valence electrons. The predicted molar refractivity (Wildman–Crippen MR) is 99.9 cm³/mol. The lowest BCUT2D eigenvalue weighted by atomic mass is 9.71. The van der Waals surface area contributed by atoms with Crippen molar-refractivity contribution in [1.29, 1.82) is 0 Å². The summed E-state index contributed by atoms with van der Waals surface area (Å²) in [6.45, 7) is 2.13. The molecule has 0 aromatic carbocycles. The van der Waals surface area contributed by atoms with Crippen molar-refractivity contribution in [2.75, 3.05) is 41.1 Å². The molecule has 0 spiro atoms. The fraction of sp³-hybridized carbons (Fsp3) is 0.762. The predicted octanol–water partition coefficient (Wildman–Crippen LogP) is 2.64. The maximum Gasteiger partial charge on any atom is 0.160 e. The third-order valence-corrected chi connectivity index (χ3v) is 6.74. The number of Topliss-reactive ketones (excluding diaryl/α,β-unsaturated/α-hetero) is 1. The molecule has 0 aromatic rings. The van der Waals surface area contributed by atoms with E-state index in [1.807, 2.05) is 0 Å². The van der Waals surface area contributed by atoms with Crippen molar-refractivity contribution in [3.05, 3.63) is 22.7 Å². The largest absolute Gasteiger partial charge is 0.497 e. The summed E-state index contributed by atoms with van der Waals surface area (Å²) in [5, 5.41) is 0. The monoisotopic (exact) mass is 377 g/mol. The van der Waals surface area contributed by atoms with Gasteiger partial charge < -0.3 is 23.8 Å². The van der Waals surface area contributed by atoms with E-state index in [0.29, 0.717) is 24.9 Å². The molecule has 0 N–H and O–H groups in total. The highest BCUT2D eigenvalue weighted by Crippen LogP contribution is 2.41. The Morgan fingerprint density at radius 3 is 2.59 bits per heavy atom. The van der Waals surface area contributed by atoms with Gasteiger partial charge in [-0.1, -0.05) is 5.57 Å². The van der Waals surface area contributed by atoms with E-state index in [1.165, 1.54) is 5.57 Å². The number of likely N-dealkylation sites (N-methyl/N-ethyl adjacent to an activating group) is 1. The molecule has 1 saturated carbocycles. The van der Waals surface area contributed by atoms with Gasteiger partial charge in [0.15, 0.2) is 5.76 Å². The summed E-state index contributed by atoms with van der Waals surface area (Å²) in [7, 11) is 5.54. The number of rotatable bonds is 2. The van der Waals surface area contributed by atoms with Crippen molar-refractivity contribution < 1.29 is 23.7 Å². The van der Waals surface area contributed by atoms with Crippen LogP contribution in [-0.4, -0.2) is 64.0 Å². The fourth-order valence-electron chi connectivity index (χ4n) is 5.23. The summed E-state index contributed by atoms with van der Waals surface area (Å²) in [5.74, 6) is 2.55. The van der Waals surface area contributed by atoms with E-state index in [0.717, 1.165) is 62.3 Å². The summed E-state index contributed by atoms with van der Waals surface area (Å²) >= 11 is 0. The average molecular weight is 377 g/mol. The minimum absolute atomic E-state index is 0.0759. The van der Waals surface area contributed by atoms with E-state index in [4.69, 9.17) is 18.9 Å². The van der Waals surface area contributed by atoms with Gasteiger partial charge in [-0.05, 0) is 45.2 Å². The van der Waals surface area contributed by atoms with Crippen LogP contribution in [0.3, 0.4) is 0 Å². The summed E-state index contributed by atoms with van der Waals surface area (Å²) in [5.41, 5.74) is 2.36. The van der Waals surface area contributed by atoms with Crippen molar-refractivity contribution in [1.82, 2.24) is 4.90 Å². The number of hydrogen-bond donors (Lipinski definition) is 0. The highest BCUT2D eigenvalue weighted by molar-refractivity contribution is 5.84. The van der Waals surface area contributed by atoms with E-state index < -0.39 is 0 Å². The molecule has 4 aliphatic rings. The Balaban J connectivity index is 1.64. The summed E-state index contributed by atoms with van der Waals surface area (Å²) in [4.78, 5) is 15.7. The number of carbonyl (C=O) groups is 1. The number of ketones is 1. The lowest BCUT2D eigenvalue weighted by molar-refractivity contribution is -0.127. The summed E-state index contributed by atoms with van der Waals surface area (Å²) in [6.07, 6.45) is 5.21. The van der Waals surface area contributed by atoms with E-state index in [1.54, 1.807) is 14.2 Å². The molecule has 4 atom stereocenters. The molecular weight excluding hydrogens is 346 g/mol. The highest BCUT2D eigenvalue weighted by Gasteiger charge is 2.44. The SMILES string of the molecule is COC1=C(OC)C2=C(CC1)CC(=O)C1CC3OCOC3CC1CCN(C)C2. The van der Waals surface area contributed by atoms with Crippen LogP contribution in [0.15, 0.2) is 22.7 Å². The lowest BCUT2D eigenvalue weighted by Gasteiger charge is -2.38. The number of ether oxygens (including phenoxy) is 4. The van der Waals surface area contributed by atoms with Crippen LogP contribution >= 0.6 is 0 Å². The van der Waals surface area contributed by atoms with Gasteiger partial charge in [0.05, 0.1) is 26.4 Å². The molecule has 0 bridgehead atoms. The van der Waals surface area contributed by atoms with Crippen LogP contribution in [0.25, 0.3) is 0 Å². The Labute approximate surface area is 161 Å². The van der Waals surface area contributed by atoms with Gasteiger partial charge in [-0.15, -0.1) is 0 Å². The van der Waals surface area contributed by atoms with E-state index in [2.05, 4.69) is 11.9 Å². The van der Waals surface area contributed by atoms with Crippen LogP contribution in [0, 0.1) is 11.8 Å². The standard InChI is InChI=1S/C21H31NO5/c1-22-7-6-14-9-19-20(27-12-26-19)10-15(14)17(23)8-13-4-5-18(24-2)21(25-3)16(13)11-22/h14-15,19-20H,4-12H2,1-3H3. The molecular formula is C21H31NO5. The second kappa shape index (κ2) is 7.94. The van der Waals surface area contributed by atoms with Crippen molar-refractivity contribution >= 4 is 5.78 Å². The molecule has 4 rings (SSSR count). The summed E-state index contributed by atoms with van der Waals surface area (Å²) in [6, 6.07) is 0. The zero-order chi connectivity index (χ0) is 19.0.